The minimum Gasteiger partial charge on any atom is -0.393 e. The monoisotopic (exact) mass is 252 g/mol. The second kappa shape index (κ2) is 4.93. The number of nitrogens with two attached hydrogens (primary N) is 1. The van der Waals surface area contributed by atoms with Gasteiger partial charge in [0.2, 0.25) is 0 Å². The smallest absolute Gasteiger partial charge is 0.157 e. The lowest BCUT2D eigenvalue weighted by Crippen LogP contribution is -2.38. The Bertz CT molecular complexity index is 420. The van der Waals surface area contributed by atoms with Crippen LogP contribution in [0.3, 0.4) is 0 Å². The Balaban J connectivity index is 2.08. The highest BCUT2D eigenvalue weighted by Gasteiger charge is 2.28. The first-order chi connectivity index (χ1) is 8.08. The molecule has 1 aromatic rings. The van der Waals surface area contributed by atoms with Crippen molar-refractivity contribution in [1.29, 1.82) is 0 Å². The van der Waals surface area contributed by atoms with E-state index >= 15 is 0 Å². The summed E-state index contributed by atoms with van der Waals surface area (Å²) in [5.74, 6) is 1.22. The number of aliphatic hydroxyl groups is 1. The Morgan fingerprint density at radius 3 is 2.76 bits per heavy atom. The van der Waals surface area contributed by atoms with E-state index in [1.54, 1.807) is 12.4 Å². The zero-order chi connectivity index (χ0) is 12.4. The van der Waals surface area contributed by atoms with Crippen molar-refractivity contribution >= 4 is 23.0 Å². The average Bonchev–Trinajstić information content (AvgIpc) is 2.27. The van der Waals surface area contributed by atoms with Crippen LogP contribution in [0.1, 0.15) is 18.5 Å². The minimum atomic E-state index is -0.134. The van der Waals surface area contributed by atoms with Gasteiger partial charge in [0.05, 0.1) is 6.10 Å². The maximum absolute atomic E-state index is 9.26. The van der Waals surface area contributed by atoms with E-state index in [0.29, 0.717) is 17.4 Å². The number of anilines is 1. The second-order valence-electron chi connectivity index (χ2n) is 4.46. The average molecular weight is 252 g/mol. The quantitative estimate of drug-likeness (QED) is 0.752. The summed E-state index contributed by atoms with van der Waals surface area (Å²) in [5, 5.41) is 9.26. The van der Waals surface area contributed by atoms with Crippen LogP contribution in [0.2, 0.25) is 0 Å². The van der Waals surface area contributed by atoms with Gasteiger partial charge in [-0.05, 0) is 18.8 Å². The summed E-state index contributed by atoms with van der Waals surface area (Å²) in [6.07, 6.45) is 4.78. The molecule has 0 unspecified atom stereocenters. The Kier molecular flexibility index (Phi) is 3.54. The van der Waals surface area contributed by atoms with Gasteiger partial charge in [-0.1, -0.05) is 12.2 Å². The van der Waals surface area contributed by atoms with E-state index in [9.17, 15) is 5.11 Å². The first-order valence-electron chi connectivity index (χ1n) is 5.58. The molecule has 1 heterocycles. The minimum absolute atomic E-state index is 0.134. The molecule has 0 radical (unpaired) electrons. The molecule has 1 fully saturated rings. The van der Waals surface area contributed by atoms with Crippen molar-refractivity contribution in [3.05, 3.63) is 18.1 Å². The maximum Gasteiger partial charge on any atom is 0.157 e. The third kappa shape index (κ3) is 2.70. The Morgan fingerprint density at radius 1 is 1.53 bits per heavy atom. The molecule has 2 rings (SSSR count). The topological polar surface area (TPSA) is 75.3 Å². The van der Waals surface area contributed by atoms with Crippen molar-refractivity contribution in [3.8, 4) is 0 Å². The van der Waals surface area contributed by atoms with E-state index in [0.717, 1.165) is 19.4 Å². The Labute approximate surface area is 106 Å². The summed E-state index contributed by atoms with van der Waals surface area (Å²) in [7, 11) is 1.94. The standard InChI is InChI=1S/C11H16N4OS/c1-15(6-7-4-8(16)5-7)11-9(10(12)17)13-2-3-14-11/h2-3,7-8,16H,4-6H2,1H3,(H2,12,17). The van der Waals surface area contributed by atoms with Crippen LogP contribution in [-0.2, 0) is 0 Å². The van der Waals surface area contributed by atoms with Gasteiger partial charge in [0.1, 0.15) is 10.7 Å². The summed E-state index contributed by atoms with van der Waals surface area (Å²) in [6.45, 7) is 0.839. The van der Waals surface area contributed by atoms with Crippen LogP contribution in [0, 0.1) is 5.92 Å². The van der Waals surface area contributed by atoms with Crippen LogP contribution in [0.4, 0.5) is 5.82 Å². The molecular weight excluding hydrogens is 236 g/mol. The van der Waals surface area contributed by atoms with Crippen molar-refractivity contribution < 1.29 is 5.11 Å². The van der Waals surface area contributed by atoms with Gasteiger partial charge >= 0.3 is 0 Å². The van der Waals surface area contributed by atoms with E-state index in [1.807, 2.05) is 11.9 Å². The van der Waals surface area contributed by atoms with Gasteiger partial charge in [0.25, 0.3) is 0 Å². The van der Waals surface area contributed by atoms with Gasteiger partial charge in [0.15, 0.2) is 5.82 Å². The molecule has 1 aliphatic rings. The molecule has 0 atom stereocenters. The fourth-order valence-corrected chi connectivity index (χ4v) is 2.25. The first-order valence-corrected chi connectivity index (χ1v) is 5.98. The third-order valence-electron chi connectivity index (χ3n) is 3.02. The van der Waals surface area contributed by atoms with Gasteiger partial charge in [-0.15, -0.1) is 0 Å². The molecule has 5 nitrogen and oxygen atoms in total. The van der Waals surface area contributed by atoms with E-state index < -0.39 is 0 Å². The van der Waals surface area contributed by atoms with Crippen molar-refractivity contribution in [2.75, 3.05) is 18.5 Å². The number of thiocarbonyl (C=S) groups is 1. The summed E-state index contributed by atoms with van der Waals surface area (Å²) < 4.78 is 0. The molecule has 0 amide bonds. The molecule has 1 aromatic heterocycles. The molecule has 0 aromatic carbocycles. The normalized spacial score (nSPS) is 22.9. The van der Waals surface area contributed by atoms with Crippen molar-refractivity contribution in [2.24, 2.45) is 11.7 Å². The predicted molar refractivity (Wildman–Crippen MR) is 69.9 cm³/mol. The fourth-order valence-electron chi connectivity index (χ4n) is 2.11. The second-order valence-corrected chi connectivity index (χ2v) is 4.90. The van der Waals surface area contributed by atoms with Crippen molar-refractivity contribution in [1.82, 2.24) is 9.97 Å². The lowest BCUT2D eigenvalue weighted by atomic mass is 9.82. The van der Waals surface area contributed by atoms with E-state index in [2.05, 4.69) is 9.97 Å². The molecule has 17 heavy (non-hydrogen) atoms. The molecule has 1 aliphatic carbocycles. The van der Waals surface area contributed by atoms with Crippen LogP contribution < -0.4 is 10.6 Å². The van der Waals surface area contributed by atoms with Gasteiger partial charge < -0.3 is 15.7 Å². The number of aliphatic hydroxyl groups excluding tert-OH is 1. The molecule has 0 aliphatic heterocycles. The fraction of sp³-hybridized carbons (Fsp3) is 0.545. The Morgan fingerprint density at radius 2 is 2.18 bits per heavy atom. The van der Waals surface area contributed by atoms with E-state index in [1.165, 1.54) is 0 Å². The van der Waals surface area contributed by atoms with Crippen LogP contribution in [0.25, 0.3) is 0 Å². The molecule has 0 saturated heterocycles. The van der Waals surface area contributed by atoms with Gasteiger partial charge in [-0.2, -0.15) is 0 Å². The van der Waals surface area contributed by atoms with E-state index in [-0.39, 0.29) is 11.1 Å². The molecule has 92 valence electrons. The van der Waals surface area contributed by atoms with Crippen LogP contribution in [0.15, 0.2) is 12.4 Å². The van der Waals surface area contributed by atoms with Gasteiger partial charge in [-0.3, -0.25) is 0 Å². The highest BCUT2D eigenvalue weighted by molar-refractivity contribution is 7.80. The SMILES string of the molecule is CN(CC1CC(O)C1)c1nccnc1C(N)=S. The summed E-state index contributed by atoms with van der Waals surface area (Å²) in [5.41, 5.74) is 6.17. The number of hydrogen-bond donors (Lipinski definition) is 2. The zero-order valence-electron chi connectivity index (χ0n) is 9.71. The highest BCUT2D eigenvalue weighted by Crippen LogP contribution is 2.29. The van der Waals surface area contributed by atoms with Gasteiger partial charge in [-0.25, -0.2) is 9.97 Å². The first kappa shape index (κ1) is 12.2. The van der Waals surface area contributed by atoms with Crippen molar-refractivity contribution in [3.63, 3.8) is 0 Å². The number of nitrogens with zero attached hydrogens (tertiary/aromatic N) is 3. The van der Waals surface area contributed by atoms with Crippen LogP contribution in [0.5, 0.6) is 0 Å². The Hall–Kier alpha value is -1.27. The van der Waals surface area contributed by atoms with Gasteiger partial charge in [0, 0.05) is 26.0 Å². The summed E-state index contributed by atoms with van der Waals surface area (Å²) in [6, 6.07) is 0. The molecule has 0 spiro atoms. The number of aromatic nitrogens is 2. The molecule has 0 bridgehead atoms. The molecule has 1 saturated carbocycles. The maximum atomic E-state index is 9.26. The van der Waals surface area contributed by atoms with E-state index in [4.69, 9.17) is 18.0 Å². The lowest BCUT2D eigenvalue weighted by molar-refractivity contribution is 0.0464. The third-order valence-corrected chi connectivity index (χ3v) is 3.21. The highest BCUT2D eigenvalue weighted by atomic mass is 32.1. The van der Waals surface area contributed by atoms with Crippen LogP contribution in [-0.4, -0.2) is 39.8 Å². The molecule has 6 heteroatoms. The summed E-state index contributed by atoms with van der Waals surface area (Å²) >= 11 is 4.95. The number of rotatable bonds is 4. The number of hydrogen-bond acceptors (Lipinski definition) is 5. The molecule has 3 N–H and O–H groups in total. The molecular formula is C11H16N4OS. The summed E-state index contributed by atoms with van der Waals surface area (Å²) in [4.78, 5) is 10.7. The van der Waals surface area contributed by atoms with Crippen molar-refractivity contribution in [2.45, 2.75) is 18.9 Å². The largest absolute Gasteiger partial charge is 0.393 e. The lowest BCUT2D eigenvalue weighted by Gasteiger charge is -2.35. The predicted octanol–water partition coefficient (Wildman–Crippen LogP) is 0.318. The van der Waals surface area contributed by atoms with Crippen LogP contribution >= 0.6 is 12.2 Å². The zero-order valence-corrected chi connectivity index (χ0v) is 10.5.